The monoisotopic (exact) mass is 404 g/mol. The molecule has 10 nitrogen and oxygen atoms in total. The molecule has 29 heavy (non-hydrogen) atoms. The lowest BCUT2D eigenvalue weighted by Gasteiger charge is -2.09. The van der Waals surface area contributed by atoms with Gasteiger partial charge in [-0.1, -0.05) is 0 Å². The van der Waals surface area contributed by atoms with E-state index < -0.39 is 28.0 Å². The van der Waals surface area contributed by atoms with Crippen LogP contribution in [0.25, 0.3) is 11.4 Å². The Hall–Kier alpha value is -4.16. The molecule has 2 aromatic heterocycles. The van der Waals surface area contributed by atoms with E-state index in [0.717, 1.165) is 12.1 Å². The molecular weight excluding hydrogens is 393 g/mol. The lowest BCUT2D eigenvalue weighted by molar-refractivity contribution is -0.385. The molecule has 148 valence electrons. The molecule has 0 bridgehead atoms. The van der Waals surface area contributed by atoms with E-state index in [1.807, 2.05) is 0 Å². The fourth-order valence-corrected chi connectivity index (χ4v) is 2.27. The molecule has 0 amide bonds. The quantitative estimate of drug-likeness (QED) is 0.377. The number of hydrogen-bond acceptors (Lipinski definition) is 9. The van der Waals surface area contributed by atoms with E-state index in [2.05, 4.69) is 25.2 Å². The van der Waals surface area contributed by atoms with Gasteiger partial charge in [0.25, 0.3) is 5.69 Å². The summed E-state index contributed by atoms with van der Waals surface area (Å²) in [6.07, 6.45) is -1.87. The number of anilines is 2. The Morgan fingerprint density at radius 1 is 1.07 bits per heavy atom. The van der Waals surface area contributed by atoms with E-state index in [1.54, 1.807) is 18.3 Å². The lowest BCUT2D eigenvalue weighted by atomic mass is 10.1. The average Bonchev–Trinajstić information content (AvgIpc) is 2.67. The van der Waals surface area contributed by atoms with Crippen molar-refractivity contribution in [3.8, 4) is 11.4 Å². The Labute approximate surface area is 160 Å². The van der Waals surface area contributed by atoms with Crippen LogP contribution < -0.4 is 11.5 Å². The minimum absolute atomic E-state index is 0.151. The number of rotatable bonds is 4. The molecule has 0 fully saturated rings. The van der Waals surface area contributed by atoms with E-state index in [0.29, 0.717) is 11.6 Å². The lowest BCUT2D eigenvalue weighted by Crippen LogP contribution is -2.06. The number of nitro groups is 1. The Balaban J connectivity index is 2.01. The summed E-state index contributed by atoms with van der Waals surface area (Å²) in [4.78, 5) is 21.7. The van der Waals surface area contributed by atoms with Crippen molar-refractivity contribution < 1.29 is 18.1 Å². The highest BCUT2D eigenvalue weighted by molar-refractivity contribution is 5.73. The second-order valence-corrected chi connectivity index (χ2v) is 5.56. The molecule has 13 heteroatoms. The minimum Gasteiger partial charge on any atom is -0.382 e. The van der Waals surface area contributed by atoms with Gasteiger partial charge >= 0.3 is 6.18 Å². The van der Waals surface area contributed by atoms with Crippen LogP contribution in [-0.4, -0.2) is 19.9 Å². The van der Waals surface area contributed by atoms with Crippen molar-refractivity contribution in [2.24, 2.45) is 10.2 Å². The van der Waals surface area contributed by atoms with Crippen LogP contribution in [0.3, 0.4) is 0 Å². The van der Waals surface area contributed by atoms with Crippen LogP contribution in [0.5, 0.6) is 0 Å². The van der Waals surface area contributed by atoms with Crippen LogP contribution in [0.4, 0.5) is 41.9 Å². The van der Waals surface area contributed by atoms with Gasteiger partial charge in [0.05, 0.1) is 16.2 Å². The first kappa shape index (κ1) is 19.6. The van der Waals surface area contributed by atoms with E-state index in [1.165, 1.54) is 6.20 Å². The summed E-state index contributed by atoms with van der Waals surface area (Å²) in [6.45, 7) is 0. The third-order valence-corrected chi connectivity index (χ3v) is 3.61. The molecule has 1 aromatic carbocycles. The molecule has 3 aromatic rings. The number of nitro benzene ring substituents is 1. The zero-order valence-electron chi connectivity index (χ0n) is 14.3. The number of pyridine rings is 1. The number of halogens is 3. The van der Waals surface area contributed by atoms with Crippen molar-refractivity contribution in [2.45, 2.75) is 6.18 Å². The Kier molecular flexibility index (Phi) is 5.04. The van der Waals surface area contributed by atoms with Gasteiger partial charge in [-0.3, -0.25) is 15.1 Å². The maximum atomic E-state index is 13.2. The highest BCUT2D eigenvalue weighted by Crippen LogP contribution is 2.39. The van der Waals surface area contributed by atoms with Crippen molar-refractivity contribution in [2.75, 3.05) is 11.5 Å². The topological polar surface area (TPSA) is 159 Å². The molecule has 0 aliphatic carbocycles. The molecule has 4 N–H and O–H groups in total. The fourth-order valence-electron chi connectivity index (χ4n) is 2.27. The minimum atomic E-state index is -4.89. The number of benzene rings is 1. The normalized spacial score (nSPS) is 11.7. The highest BCUT2D eigenvalue weighted by atomic mass is 19.4. The molecule has 0 saturated carbocycles. The zero-order valence-corrected chi connectivity index (χ0v) is 14.3. The first-order valence-corrected chi connectivity index (χ1v) is 7.77. The molecule has 0 aliphatic rings. The molecule has 3 rings (SSSR count). The molecule has 0 spiro atoms. The largest absolute Gasteiger partial charge is 0.418 e. The van der Waals surface area contributed by atoms with Gasteiger partial charge in [0.1, 0.15) is 0 Å². The summed E-state index contributed by atoms with van der Waals surface area (Å²) in [6, 6.07) is 5.36. The van der Waals surface area contributed by atoms with Gasteiger partial charge in [0, 0.05) is 30.1 Å². The Morgan fingerprint density at radius 2 is 1.76 bits per heavy atom. The highest BCUT2D eigenvalue weighted by Gasteiger charge is 2.35. The van der Waals surface area contributed by atoms with Crippen molar-refractivity contribution in [1.82, 2.24) is 15.0 Å². The number of aromatic nitrogens is 3. The SMILES string of the molecule is Nc1nc(-c2cccnc2)nc(N)c1N=Nc1ccc([N+](=O)[O-])cc1C(F)(F)F. The van der Waals surface area contributed by atoms with E-state index in [-0.39, 0.29) is 23.1 Å². The first-order valence-electron chi connectivity index (χ1n) is 7.77. The zero-order chi connectivity index (χ0) is 21.2. The number of non-ortho nitro benzene ring substituents is 1. The first-order chi connectivity index (χ1) is 13.7. The van der Waals surface area contributed by atoms with Crippen molar-refractivity contribution in [3.63, 3.8) is 0 Å². The number of azo groups is 1. The van der Waals surface area contributed by atoms with Crippen LogP contribution in [-0.2, 0) is 6.18 Å². The molecular formula is C16H11F3N8O2. The van der Waals surface area contributed by atoms with Crippen LogP contribution in [0.2, 0.25) is 0 Å². The van der Waals surface area contributed by atoms with E-state index in [9.17, 15) is 23.3 Å². The molecule has 0 unspecified atom stereocenters. The van der Waals surface area contributed by atoms with Crippen molar-refractivity contribution in [3.05, 3.63) is 58.4 Å². The Bertz CT molecular complexity index is 1080. The third kappa shape index (κ3) is 4.23. The van der Waals surface area contributed by atoms with Gasteiger partial charge in [-0.25, -0.2) is 9.97 Å². The third-order valence-electron chi connectivity index (χ3n) is 3.61. The van der Waals surface area contributed by atoms with E-state index in [4.69, 9.17) is 11.5 Å². The standard InChI is InChI=1S/C16H11F3N8O2/c17-16(18,19)10-6-9(27(28)29)3-4-11(10)25-26-12-13(20)23-15(24-14(12)21)8-2-1-5-22-7-8/h1-7H,(H4,20,21,23,24). The second kappa shape index (κ2) is 7.46. The summed E-state index contributed by atoms with van der Waals surface area (Å²) in [5, 5.41) is 17.9. The van der Waals surface area contributed by atoms with Gasteiger partial charge < -0.3 is 11.5 Å². The summed E-state index contributed by atoms with van der Waals surface area (Å²) in [5.41, 5.74) is 9.15. The summed E-state index contributed by atoms with van der Waals surface area (Å²) < 4.78 is 39.6. The van der Waals surface area contributed by atoms with Crippen molar-refractivity contribution in [1.29, 1.82) is 0 Å². The number of nitrogens with zero attached hydrogens (tertiary/aromatic N) is 6. The van der Waals surface area contributed by atoms with Gasteiger partial charge in [0.2, 0.25) is 0 Å². The van der Waals surface area contributed by atoms with Crippen LogP contribution in [0.1, 0.15) is 5.56 Å². The predicted octanol–water partition coefficient (Wildman–Crippen LogP) is 4.05. The van der Waals surface area contributed by atoms with Gasteiger partial charge in [-0.2, -0.15) is 13.2 Å². The maximum Gasteiger partial charge on any atom is 0.418 e. The van der Waals surface area contributed by atoms with Gasteiger partial charge in [0.15, 0.2) is 23.1 Å². The molecule has 2 heterocycles. The summed E-state index contributed by atoms with van der Waals surface area (Å²) in [5.74, 6) is -0.274. The molecule has 0 radical (unpaired) electrons. The number of nitrogen functional groups attached to an aromatic ring is 2. The van der Waals surface area contributed by atoms with Crippen LogP contribution in [0, 0.1) is 10.1 Å². The smallest absolute Gasteiger partial charge is 0.382 e. The number of hydrogen-bond donors (Lipinski definition) is 2. The van der Waals surface area contributed by atoms with E-state index >= 15 is 0 Å². The van der Waals surface area contributed by atoms with Crippen molar-refractivity contribution >= 4 is 28.7 Å². The predicted molar refractivity (Wildman–Crippen MR) is 96.4 cm³/mol. The Morgan fingerprint density at radius 3 is 2.31 bits per heavy atom. The molecule has 0 aliphatic heterocycles. The van der Waals surface area contributed by atoms with Gasteiger partial charge in [-0.15, -0.1) is 10.2 Å². The second-order valence-electron chi connectivity index (χ2n) is 5.56. The van der Waals surface area contributed by atoms with Crippen LogP contribution >= 0.6 is 0 Å². The maximum absolute atomic E-state index is 13.2. The average molecular weight is 404 g/mol. The molecule has 0 atom stereocenters. The summed E-state index contributed by atoms with van der Waals surface area (Å²) in [7, 11) is 0. The fraction of sp³-hybridized carbons (Fsp3) is 0.0625. The number of alkyl halides is 3. The van der Waals surface area contributed by atoms with Gasteiger partial charge in [-0.05, 0) is 18.2 Å². The van der Waals surface area contributed by atoms with Crippen LogP contribution in [0.15, 0.2) is 53.0 Å². The molecule has 0 saturated heterocycles. The number of nitrogens with two attached hydrogens (primary N) is 2. The summed E-state index contributed by atoms with van der Waals surface area (Å²) >= 11 is 0.